The molecule has 0 bridgehead atoms. The fourth-order valence-corrected chi connectivity index (χ4v) is 1.57. The van der Waals surface area contributed by atoms with E-state index in [4.69, 9.17) is 4.55 Å². The van der Waals surface area contributed by atoms with Crippen LogP contribution in [-0.2, 0) is 10.1 Å². The third-order valence-electron chi connectivity index (χ3n) is 1.37. The summed E-state index contributed by atoms with van der Waals surface area (Å²) in [6.07, 6.45) is 0. The van der Waals surface area contributed by atoms with Gasteiger partial charge in [0, 0.05) is 0 Å². The Balaban J connectivity index is -0.000000142. The van der Waals surface area contributed by atoms with Crippen molar-refractivity contribution in [1.82, 2.24) is 0 Å². The maximum absolute atomic E-state index is 10.6. The summed E-state index contributed by atoms with van der Waals surface area (Å²) < 4.78 is 147. The Labute approximate surface area is 157 Å². The van der Waals surface area contributed by atoms with E-state index in [0.29, 0.717) is 5.56 Å². The summed E-state index contributed by atoms with van der Waals surface area (Å²) in [5.41, 5.74) is 0.551. The molecular formula is C7H9B3F12LiO3S-3. The fourth-order valence-electron chi connectivity index (χ4n) is 0.846. The zero-order chi connectivity index (χ0) is 22.0. The van der Waals surface area contributed by atoms with Gasteiger partial charge in [-0.1, -0.05) is 18.2 Å². The van der Waals surface area contributed by atoms with Crippen molar-refractivity contribution in [1.29, 1.82) is 0 Å². The van der Waals surface area contributed by atoms with Crippen LogP contribution in [0.2, 0.25) is 0 Å². The van der Waals surface area contributed by atoms with Crippen molar-refractivity contribution in [3.8, 4) is 0 Å². The molecule has 0 aliphatic rings. The molecule has 0 radical (unpaired) electrons. The number of halogens is 12. The molecular weight excluding hydrogens is 431 g/mol. The Hall–Kier alpha value is -0.918. The third-order valence-corrected chi connectivity index (χ3v) is 2.39. The molecule has 0 aromatic heterocycles. The standard InChI is InChI=1S/C7H8O3S.3BF4.Li.H/c1-6-4-2-3-5-7(6)11(8,9)10;3*2-1(3,4)5;;/h2-5H,1H3,(H,8,9,10);;;;;/q;3*-1;;. The number of hydrogen-bond donors (Lipinski definition) is 1. The van der Waals surface area contributed by atoms with Crippen molar-refractivity contribution in [2.24, 2.45) is 0 Å². The second-order valence-electron chi connectivity index (χ2n) is 3.73. The first kappa shape index (κ1) is 33.7. The minimum absolute atomic E-state index is 0. The second kappa shape index (κ2) is 13.3. The van der Waals surface area contributed by atoms with E-state index >= 15 is 0 Å². The van der Waals surface area contributed by atoms with Gasteiger partial charge in [0.15, 0.2) is 0 Å². The summed E-state index contributed by atoms with van der Waals surface area (Å²) in [7, 11) is -22.0. The van der Waals surface area contributed by atoms with E-state index < -0.39 is 31.9 Å². The molecule has 27 heavy (non-hydrogen) atoms. The van der Waals surface area contributed by atoms with E-state index in [2.05, 4.69) is 0 Å². The van der Waals surface area contributed by atoms with Crippen molar-refractivity contribution >= 4 is 50.7 Å². The molecule has 0 amide bonds. The molecule has 20 heteroatoms. The Kier molecular flexibility index (Phi) is 16.6. The van der Waals surface area contributed by atoms with E-state index in [1.807, 2.05) is 0 Å². The first-order chi connectivity index (χ1) is 11.0. The van der Waals surface area contributed by atoms with Crippen LogP contribution < -0.4 is 0 Å². The van der Waals surface area contributed by atoms with E-state index in [1.54, 1.807) is 25.1 Å². The average molecular weight is 441 g/mol. The monoisotopic (exact) mass is 441 g/mol. The third kappa shape index (κ3) is 51.7. The molecule has 1 aromatic rings. The summed E-state index contributed by atoms with van der Waals surface area (Å²) in [5, 5.41) is 0. The maximum atomic E-state index is 10.6. The summed E-state index contributed by atoms with van der Waals surface area (Å²) in [5.74, 6) is 0. The van der Waals surface area contributed by atoms with Crippen molar-refractivity contribution in [2.75, 3.05) is 0 Å². The zero-order valence-corrected chi connectivity index (χ0v) is 13.1. The van der Waals surface area contributed by atoms with Crippen molar-refractivity contribution < 1.29 is 64.8 Å². The van der Waals surface area contributed by atoms with Crippen molar-refractivity contribution in [2.45, 2.75) is 11.8 Å². The number of benzene rings is 1. The predicted molar refractivity (Wildman–Crippen MR) is 78.7 cm³/mol. The van der Waals surface area contributed by atoms with Crippen LogP contribution in [0.5, 0.6) is 0 Å². The molecule has 0 saturated heterocycles. The minimum atomic E-state index is -6.00. The molecule has 0 saturated carbocycles. The molecule has 0 heterocycles. The molecule has 0 spiro atoms. The SMILES string of the molecule is Cc1ccccc1S(=O)(=O)O.F[B-](F)(F)F.F[B-](F)(F)F.F[B-](F)(F)F.[LiH]. The van der Waals surface area contributed by atoms with Gasteiger partial charge in [-0.15, -0.1) is 0 Å². The Bertz CT molecular complexity index is 571. The van der Waals surface area contributed by atoms with Gasteiger partial charge in [0.2, 0.25) is 0 Å². The van der Waals surface area contributed by atoms with Gasteiger partial charge in [0.25, 0.3) is 10.1 Å². The van der Waals surface area contributed by atoms with Crippen LogP contribution in [0.4, 0.5) is 51.8 Å². The quantitative estimate of drug-likeness (QED) is 0.398. The Morgan fingerprint density at radius 2 is 0.926 bits per heavy atom. The topological polar surface area (TPSA) is 54.4 Å². The summed E-state index contributed by atoms with van der Waals surface area (Å²) in [6.45, 7) is 1.63. The fraction of sp³-hybridized carbons (Fsp3) is 0.143. The molecule has 0 aliphatic carbocycles. The normalized spacial score (nSPS) is 11.3. The molecule has 3 nitrogen and oxygen atoms in total. The van der Waals surface area contributed by atoms with Gasteiger partial charge in [-0.05, 0) is 18.6 Å². The summed E-state index contributed by atoms with van der Waals surface area (Å²) in [4.78, 5) is -0.0278. The van der Waals surface area contributed by atoms with Crippen LogP contribution in [0.1, 0.15) is 5.56 Å². The molecule has 158 valence electrons. The van der Waals surface area contributed by atoms with Gasteiger partial charge in [0.05, 0.1) is 4.90 Å². The van der Waals surface area contributed by atoms with E-state index in [-0.39, 0.29) is 23.8 Å². The van der Waals surface area contributed by atoms with Crippen molar-refractivity contribution in [3.05, 3.63) is 29.8 Å². The molecule has 0 atom stereocenters. The van der Waals surface area contributed by atoms with Gasteiger partial charge >= 0.3 is 40.6 Å². The second-order valence-corrected chi connectivity index (χ2v) is 5.12. The molecule has 0 unspecified atom stereocenters. The van der Waals surface area contributed by atoms with Crippen LogP contribution >= 0.6 is 0 Å². The van der Waals surface area contributed by atoms with Crippen LogP contribution in [0.25, 0.3) is 0 Å². The van der Waals surface area contributed by atoms with Gasteiger partial charge in [-0.3, -0.25) is 4.55 Å². The Morgan fingerprint density at radius 1 is 0.704 bits per heavy atom. The van der Waals surface area contributed by atoms with Gasteiger partial charge in [-0.2, -0.15) is 8.42 Å². The summed E-state index contributed by atoms with van der Waals surface area (Å²) in [6, 6.07) is 6.27. The number of rotatable bonds is 1. The molecule has 0 aliphatic heterocycles. The van der Waals surface area contributed by atoms with Crippen LogP contribution in [0.15, 0.2) is 29.2 Å². The molecule has 0 fully saturated rings. The first-order valence-electron chi connectivity index (χ1n) is 5.67. The van der Waals surface area contributed by atoms with Crippen LogP contribution in [-0.4, -0.2) is 53.6 Å². The van der Waals surface area contributed by atoms with Crippen LogP contribution in [0.3, 0.4) is 0 Å². The van der Waals surface area contributed by atoms with Crippen molar-refractivity contribution in [3.63, 3.8) is 0 Å². The van der Waals surface area contributed by atoms with E-state index in [9.17, 15) is 60.2 Å². The predicted octanol–water partition coefficient (Wildman–Crippen LogP) is 4.49. The van der Waals surface area contributed by atoms with E-state index in [1.165, 1.54) is 6.07 Å². The van der Waals surface area contributed by atoms with Gasteiger partial charge in [0.1, 0.15) is 0 Å². The molecule has 1 rings (SSSR count). The first-order valence-corrected chi connectivity index (χ1v) is 7.11. The molecule has 1 aromatic carbocycles. The Morgan fingerprint density at radius 3 is 1.07 bits per heavy atom. The number of hydrogen-bond acceptors (Lipinski definition) is 2. The zero-order valence-electron chi connectivity index (χ0n) is 12.2. The number of aryl methyl sites for hydroxylation is 1. The van der Waals surface area contributed by atoms with Gasteiger partial charge in [-0.25, -0.2) is 0 Å². The average Bonchev–Trinajstić information content (AvgIpc) is 2.20. The van der Waals surface area contributed by atoms with Gasteiger partial charge < -0.3 is 51.8 Å². The molecule has 1 N–H and O–H groups in total. The van der Waals surface area contributed by atoms with Crippen LogP contribution in [0, 0.1) is 6.92 Å². The summed E-state index contributed by atoms with van der Waals surface area (Å²) >= 11 is 0. The van der Waals surface area contributed by atoms with E-state index in [0.717, 1.165) is 0 Å².